The van der Waals surface area contributed by atoms with Crippen LogP contribution in [0.3, 0.4) is 0 Å². The molecule has 1 aromatic rings. The van der Waals surface area contributed by atoms with Gasteiger partial charge in [0.15, 0.2) is 0 Å². The highest BCUT2D eigenvalue weighted by atomic mass is 32.1. The number of nitrogens with zero attached hydrogens (tertiary/aromatic N) is 2. The van der Waals surface area contributed by atoms with Gasteiger partial charge in [-0.15, -0.1) is 0 Å². The van der Waals surface area contributed by atoms with Gasteiger partial charge < -0.3 is 26.6 Å². The molecule has 0 amide bonds. The Morgan fingerprint density at radius 1 is 1.22 bits per heavy atom. The Labute approximate surface area is 198 Å². The van der Waals surface area contributed by atoms with Crippen molar-refractivity contribution >= 4 is 28.7 Å². The second-order valence-electron chi connectivity index (χ2n) is 8.71. The van der Waals surface area contributed by atoms with Crippen LogP contribution < -0.4 is 21.7 Å². The lowest BCUT2D eigenvalue weighted by atomic mass is 9.92. The van der Waals surface area contributed by atoms with Crippen molar-refractivity contribution in [2.45, 2.75) is 27.2 Å². The maximum Gasteiger partial charge on any atom is 0.132 e. The molecule has 2 rings (SSSR count). The molecule has 0 aliphatic heterocycles. The van der Waals surface area contributed by atoms with Crippen LogP contribution in [0.2, 0.25) is 0 Å². The van der Waals surface area contributed by atoms with Crippen molar-refractivity contribution < 1.29 is 0 Å². The Hall–Kier alpha value is -2.80. The van der Waals surface area contributed by atoms with Crippen LogP contribution in [0.4, 0.5) is 5.69 Å². The highest BCUT2D eigenvalue weighted by molar-refractivity contribution is 7.80. The lowest BCUT2D eigenvalue weighted by molar-refractivity contribution is 0.423. The summed E-state index contributed by atoms with van der Waals surface area (Å²) in [4.78, 5) is 7.32. The van der Waals surface area contributed by atoms with Gasteiger partial charge >= 0.3 is 0 Å². The summed E-state index contributed by atoms with van der Waals surface area (Å²) in [5.74, 6) is 2.04. The summed E-state index contributed by atoms with van der Waals surface area (Å²) in [6.07, 6.45) is 5.41. The fourth-order valence-electron chi connectivity index (χ4n) is 3.56. The third kappa shape index (κ3) is 7.41. The molecule has 1 aliphatic carbocycles. The molecule has 1 aliphatic rings. The highest BCUT2D eigenvalue weighted by Crippen LogP contribution is 2.26. The van der Waals surface area contributed by atoms with Gasteiger partial charge in [0.25, 0.3) is 0 Å². The van der Waals surface area contributed by atoms with Crippen LogP contribution in [0.25, 0.3) is 0 Å². The topological polar surface area (TPSA) is 77.7 Å². The van der Waals surface area contributed by atoms with E-state index in [9.17, 15) is 0 Å². The van der Waals surface area contributed by atoms with Crippen molar-refractivity contribution in [3.05, 3.63) is 65.1 Å². The molecule has 0 bridgehead atoms. The third-order valence-electron chi connectivity index (χ3n) is 5.20. The summed E-state index contributed by atoms with van der Waals surface area (Å²) in [5, 5.41) is 10.1. The van der Waals surface area contributed by atoms with E-state index < -0.39 is 0 Å². The first-order valence-corrected chi connectivity index (χ1v) is 11.5. The molecule has 1 unspecified atom stereocenters. The fourth-order valence-corrected chi connectivity index (χ4v) is 3.77. The normalized spacial score (nSPS) is 17.2. The minimum atomic E-state index is 0.406. The lowest BCUT2D eigenvalue weighted by Gasteiger charge is -2.28. The van der Waals surface area contributed by atoms with Crippen LogP contribution in [-0.4, -0.2) is 50.0 Å². The monoisotopic (exact) mass is 454 g/mol. The van der Waals surface area contributed by atoms with E-state index in [2.05, 4.69) is 72.9 Å². The van der Waals surface area contributed by atoms with Crippen LogP contribution in [0, 0.1) is 11.8 Å². The fraction of sp³-hybridized carbons (Fsp3) is 0.440. The van der Waals surface area contributed by atoms with E-state index in [1.165, 1.54) is 11.3 Å². The van der Waals surface area contributed by atoms with Gasteiger partial charge in [-0.3, -0.25) is 4.99 Å². The molecule has 6 nitrogen and oxygen atoms in total. The van der Waals surface area contributed by atoms with Crippen molar-refractivity contribution in [3.8, 4) is 0 Å². The molecule has 0 saturated heterocycles. The van der Waals surface area contributed by atoms with Crippen LogP contribution in [0.1, 0.15) is 27.2 Å². The Balaban J connectivity index is 2.39. The SMILES string of the molecule is CNC(=S)/C(C(N)=NCC(C)C)=C(/NCC1=CC=C(N(C)C)C(C)C1)Nc1ccccc1. The van der Waals surface area contributed by atoms with Gasteiger partial charge in [-0.25, -0.2) is 0 Å². The van der Waals surface area contributed by atoms with Crippen molar-refractivity contribution in [1.82, 2.24) is 15.5 Å². The van der Waals surface area contributed by atoms with E-state index in [4.69, 9.17) is 18.0 Å². The number of amidine groups is 1. The number of nitrogens with one attached hydrogen (secondary N) is 3. The summed E-state index contributed by atoms with van der Waals surface area (Å²) in [6.45, 7) is 7.81. The molecule has 7 heteroatoms. The standard InChI is InChI=1S/C25H38N6S/c1-17(2)15-28-23(26)22(25(32)27-4)24(30-20-10-8-7-9-11-20)29-16-19-12-13-21(31(5)6)18(3)14-19/h7-13,17-18,29-30H,14-16H2,1-6H3,(H2,26,28)(H,27,32)/b24-22-. The van der Waals surface area contributed by atoms with E-state index in [0.29, 0.717) is 41.3 Å². The van der Waals surface area contributed by atoms with Crippen molar-refractivity contribution in [3.63, 3.8) is 0 Å². The summed E-state index contributed by atoms with van der Waals surface area (Å²) in [7, 11) is 5.99. The van der Waals surface area contributed by atoms with Crippen molar-refractivity contribution in [2.75, 3.05) is 39.5 Å². The molecule has 1 atom stereocenters. The first-order valence-electron chi connectivity index (χ1n) is 11.1. The van der Waals surface area contributed by atoms with E-state index in [-0.39, 0.29) is 0 Å². The van der Waals surface area contributed by atoms with Crippen LogP contribution in [-0.2, 0) is 0 Å². The van der Waals surface area contributed by atoms with Crippen LogP contribution in [0.15, 0.2) is 70.1 Å². The number of nitrogens with two attached hydrogens (primary N) is 1. The van der Waals surface area contributed by atoms with Crippen molar-refractivity contribution in [2.24, 2.45) is 22.6 Å². The average Bonchev–Trinajstić information content (AvgIpc) is 2.76. The number of allylic oxidation sites excluding steroid dienone is 3. The minimum absolute atomic E-state index is 0.406. The summed E-state index contributed by atoms with van der Waals surface area (Å²) >= 11 is 5.62. The Morgan fingerprint density at radius 3 is 2.47 bits per heavy atom. The van der Waals surface area contributed by atoms with Crippen molar-refractivity contribution in [1.29, 1.82) is 0 Å². The zero-order chi connectivity index (χ0) is 23.7. The van der Waals surface area contributed by atoms with Gasteiger partial charge in [0, 0.05) is 45.6 Å². The van der Waals surface area contributed by atoms with Gasteiger partial charge in [-0.2, -0.15) is 0 Å². The zero-order valence-electron chi connectivity index (χ0n) is 20.2. The molecule has 0 aromatic heterocycles. The zero-order valence-corrected chi connectivity index (χ0v) is 21.0. The number of aliphatic imine (C=N–C) groups is 1. The Bertz CT molecular complexity index is 896. The van der Waals surface area contributed by atoms with Gasteiger partial charge in [-0.1, -0.05) is 62.8 Å². The first-order chi connectivity index (χ1) is 15.2. The van der Waals surface area contributed by atoms with Crippen LogP contribution >= 0.6 is 12.2 Å². The molecular weight excluding hydrogens is 416 g/mol. The summed E-state index contributed by atoms with van der Waals surface area (Å²) in [5.41, 5.74) is 10.7. The molecule has 0 heterocycles. The number of benzene rings is 1. The van der Waals surface area contributed by atoms with Gasteiger partial charge in [0.05, 0.1) is 5.57 Å². The smallest absolute Gasteiger partial charge is 0.132 e. The largest absolute Gasteiger partial charge is 0.383 e. The Morgan fingerprint density at radius 2 is 1.91 bits per heavy atom. The van der Waals surface area contributed by atoms with E-state index in [1.54, 1.807) is 7.05 Å². The van der Waals surface area contributed by atoms with Gasteiger partial charge in [0.1, 0.15) is 16.6 Å². The van der Waals surface area contributed by atoms with E-state index in [0.717, 1.165) is 17.9 Å². The summed E-state index contributed by atoms with van der Waals surface area (Å²) in [6, 6.07) is 9.99. The second-order valence-corrected chi connectivity index (χ2v) is 9.12. The maximum atomic E-state index is 6.43. The molecule has 32 heavy (non-hydrogen) atoms. The molecule has 0 fully saturated rings. The number of rotatable bonds is 10. The van der Waals surface area contributed by atoms with Gasteiger partial charge in [0.2, 0.25) is 0 Å². The summed E-state index contributed by atoms with van der Waals surface area (Å²) < 4.78 is 0. The average molecular weight is 455 g/mol. The van der Waals surface area contributed by atoms with E-state index >= 15 is 0 Å². The molecule has 1 aromatic carbocycles. The highest BCUT2D eigenvalue weighted by Gasteiger charge is 2.19. The maximum absolute atomic E-state index is 6.43. The predicted octanol–water partition coefficient (Wildman–Crippen LogP) is 3.87. The van der Waals surface area contributed by atoms with Gasteiger partial charge in [-0.05, 0) is 36.5 Å². The lowest BCUT2D eigenvalue weighted by Crippen LogP contribution is -2.36. The number of thiocarbonyl (C=S) groups is 1. The second kappa shape index (κ2) is 12.3. The quantitative estimate of drug-likeness (QED) is 0.186. The molecule has 174 valence electrons. The van der Waals surface area contributed by atoms with E-state index in [1.807, 2.05) is 30.3 Å². The number of para-hydroxylation sites is 1. The molecule has 0 spiro atoms. The number of hydrogen-bond acceptors (Lipinski definition) is 5. The molecule has 0 radical (unpaired) electrons. The minimum Gasteiger partial charge on any atom is -0.383 e. The third-order valence-corrected chi connectivity index (χ3v) is 5.61. The predicted molar refractivity (Wildman–Crippen MR) is 142 cm³/mol. The number of anilines is 1. The Kier molecular flexibility index (Phi) is 9.78. The number of likely N-dealkylation sites (N-methyl/N-ethyl adjacent to an activating group) is 1. The molecule has 5 N–H and O–H groups in total. The molecular formula is C25H38N6S. The first kappa shape index (κ1) is 25.5. The van der Waals surface area contributed by atoms with Crippen LogP contribution in [0.5, 0.6) is 0 Å². The molecule has 0 saturated carbocycles. The number of hydrogen-bond donors (Lipinski definition) is 4.